The number of fused-ring (bicyclic) bond motifs is 5. The van der Waals surface area contributed by atoms with Crippen molar-refractivity contribution in [2.24, 2.45) is 23.2 Å². The fourth-order valence-corrected chi connectivity index (χ4v) is 7.53. The van der Waals surface area contributed by atoms with Crippen LogP contribution < -0.4 is 4.74 Å². The topological polar surface area (TPSA) is 46.5 Å². The van der Waals surface area contributed by atoms with Crippen LogP contribution in [0.4, 0.5) is 0 Å². The van der Waals surface area contributed by atoms with Gasteiger partial charge in [0.15, 0.2) is 0 Å². The lowest BCUT2D eigenvalue weighted by atomic mass is 9.54. The van der Waals surface area contributed by atoms with Gasteiger partial charge in [-0.15, -0.1) is 0 Å². The van der Waals surface area contributed by atoms with Crippen molar-refractivity contribution in [3.05, 3.63) is 65.2 Å². The van der Waals surface area contributed by atoms with Crippen molar-refractivity contribution >= 4 is 5.78 Å². The number of hydrogen-bond donors (Lipinski definition) is 1. The fourth-order valence-electron chi connectivity index (χ4n) is 7.53. The number of rotatable bonds is 8. The molecule has 0 amide bonds. The second-order valence-electron chi connectivity index (χ2n) is 11.3. The molecule has 0 saturated heterocycles. The molecule has 0 aromatic heterocycles. The van der Waals surface area contributed by atoms with Crippen molar-refractivity contribution in [2.75, 3.05) is 0 Å². The first-order valence-electron chi connectivity index (χ1n) is 13.5. The van der Waals surface area contributed by atoms with E-state index in [9.17, 15) is 9.90 Å². The van der Waals surface area contributed by atoms with E-state index in [4.69, 9.17) is 4.74 Å². The first-order valence-corrected chi connectivity index (χ1v) is 13.5. The number of ketones is 1. The number of carbonyl (C=O) groups is 1. The maximum absolute atomic E-state index is 13.2. The number of benzene rings is 2. The van der Waals surface area contributed by atoms with Gasteiger partial charge in [0.25, 0.3) is 0 Å². The predicted molar refractivity (Wildman–Crippen MR) is 136 cm³/mol. The molecule has 0 bridgehead atoms. The minimum atomic E-state index is -0.192. The summed E-state index contributed by atoms with van der Waals surface area (Å²) >= 11 is 0. The summed E-state index contributed by atoms with van der Waals surface area (Å²) in [6, 6.07) is 17.1. The Balaban J connectivity index is 1.31. The van der Waals surface area contributed by atoms with Crippen LogP contribution in [0.3, 0.4) is 0 Å². The van der Waals surface area contributed by atoms with Crippen LogP contribution in [0.25, 0.3) is 0 Å². The molecular formula is C31H40O3. The van der Waals surface area contributed by atoms with Crippen molar-refractivity contribution < 1.29 is 14.6 Å². The second-order valence-corrected chi connectivity index (χ2v) is 11.3. The molecule has 2 aromatic rings. The Kier molecular flexibility index (Phi) is 6.84. The summed E-state index contributed by atoms with van der Waals surface area (Å²) < 4.78 is 6.12. The Labute approximate surface area is 204 Å². The van der Waals surface area contributed by atoms with E-state index in [1.807, 2.05) is 13.0 Å². The van der Waals surface area contributed by atoms with Crippen LogP contribution in [0.2, 0.25) is 0 Å². The highest BCUT2D eigenvalue weighted by Gasteiger charge is 2.58. The zero-order valence-electron chi connectivity index (χ0n) is 20.8. The summed E-state index contributed by atoms with van der Waals surface area (Å²) in [5.74, 6) is 3.64. The van der Waals surface area contributed by atoms with Crippen molar-refractivity contribution in [2.45, 2.75) is 90.3 Å². The van der Waals surface area contributed by atoms with Gasteiger partial charge in [-0.2, -0.15) is 0 Å². The van der Waals surface area contributed by atoms with E-state index in [1.54, 1.807) is 0 Å². The van der Waals surface area contributed by atoms with Gasteiger partial charge in [-0.25, -0.2) is 0 Å². The van der Waals surface area contributed by atoms with E-state index < -0.39 is 0 Å². The monoisotopic (exact) mass is 460 g/mol. The molecule has 3 nitrogen and oxygen atoms in total. The normalized spacial score (nSPS) is 30.9. The third-order valence-electron chi connectivity index (χ3n) is 9.37. The van der Waals surface area contributed by atoms with Gasteiger partial charge in [0, 0.05) is 11.8 Å². The van der Waals surface area contributed by atoms with Gasteiger partial charge < -0.3 is 9.84 Å². The number of ether oxygens (including phenoxy) is 1. The van der Waals surface area contributed by atoms with E-state index in [1.165, 1.54) is 23.1 Å². The lowest BCUT2D eigenvalue weighted by Crippen LogP contribution is -2.44. The Morgan fingerprint density at radius 3 is 2.76 bits per heavy atom. The lowest BCUT2D eigenvalue weighted by Gasteiger charge is -2.50. The molecule has 5 rings (SSSR count). The number of Topliss-reactive ketones (excluding diaryl/α,β-unsaturated/α-hetero) is 1. The molecule has 182 valence electrons. The van der Waals surface area contributed by atoms with Gasteiger partial charge in [-0.3, -0.25) is 4.79 Å². The van der Waals surface area contributed by atoms with Crippen LogP contribution in [0.5, 0.6) is 5.75 Å². The first-order chi connectivity index (χ1) is 16.5. The molecule has 0 aliphatic heterocycles. The summed E-state index contributed by atoms with van der Waals surface area (Å²) in [5.41, 5.74) is 4.01. The maximum atomic E-state index is 13.2. The molecule has 1 unspecified atom stereocenters. The molecule has 6 atom stereocenters. The van der Waals surface area contributed by atoms with Crippen LogP contribution >= 0.6 is 0 Å². The van der Waals surface area contributed by atoms with Crippen LogP contribution in [0, 0.1) is 23.2 Å². The maximum Gasteiger partial charge on any atom is 0.139 e. The smallest absolute Gasteiger partial charge is 0.139 e. The number of aryl methyl sites for hydroxylation is 1. The quantitative estimate of drug-likeness (QED) is 0.468. The molecule has 2 fully saturated rings. The third kappa shape index (κ3) is 4.44. The van der Waals surface area contributed by atoms with Gasteiger partial charge >= 0.3 is 0 Å². The van der Waals surface area contributed by atoms with E-state index in [-0.39, 0.29) is 11.5 Å². The van der Waals surface area contributed by atoms with Crippen molar-refractivity contribution in [1.29, 1.82) is 0 Å². The first kappa shape index (κ1) is 23.6. The van der Waals surface area contributed by atoms with Gasteiger partial charge in [-0.1, -0.05) is 56.7 Å². The Morgan fingerprint density at radius 2 is 1.97 bits per heavy atom. The fraction of sp³-hybridized carbons (Fsp3) is 0.581. The van der Waals surface area contributed by atoms with Crippen molar-refractivity contribution in [3.63, 3.8) is 0 Å². The highest BCUT2D eigenvalue weighted by atomic mass is 16.5. The average Bonchev–Trinajstić information content (AvgIpc) is 3.12. The molecule has 3 aliphatic carbocycles. The van der Waals surface area contributed by atoms with Gasteiger partial charge in [0.05, 0.1) is 6.10 Å². The highest BCUT2D eigenvalue weighted by molar-refractivity contribution is 5.87. The largest absolute Gasteiger partial charge is 0.489 e. The standard InChI is InChI=1S/C31H40O3/c1-3-24(32)11-7-10-23-19-29(33)31(2)17-16-27-26-15-13-25(34-20-21-8-5-4-6-9-21)18-22(26)12-14-28(27)30(23)31/h4-6,8-9,13,15,18,23-24,27-28,30,32H,3,7,10-12,14,16-17,19-20H2,1-2H3/t23-,24?,27-,28-,30+,31-/m1/s1. The van der Waals surface area contributed by atoms with Crippen LogP contribution in [0.15, 0.2) is 48.5 Å². The molecule has 34 heavy (non-hydrogen) atoms. The molecule has 0 heterocycles. The Hall–Kier alpha value is -2.13. The molecule has 2 saturated carbocycles. The van der Waals surface area contributed by atoms with E-state index in [2.05, 4.69) is 49.4 Å². The summed E-state index contributed by atoms with van der Waals surface area (Å²) in [6.45, 7) is 4.92. The predicted octanol–water partition coefficient (Wildman–Crippen LogP) is 6.86. The zero-order valence-corrected chi connectivity index (χ0v) is 20.8. The van der Waals surface area contributed by atoms with Crippen molar-refractivity contribution in [3.8, 4) is 5.75 Å². The minimum Gasteiger partial charge on any atom is -0.489 e. The lowest BCUT2D eigenvalue weighted by molar-refractivity contribution is -0.129. The minimum absolute atomic E-state index is 0.133. The SMILES string of the molecule is CCC(O)CCC[C@@H]1CC(=O)[C@@]2(C)CC[C@@H]3c4ccc(OCc5ccccc5)cc4CC[C@H]3[C@H]12. The average molecular weight is 461 g/mol. The molecule has 2 aromatic carbocycles. The molecule has 0 spiro atoms. The van der Waals surface area contributed by atoms with E-state index in [0.717, 1.165) is 57.1 Å². The number of carbonyl (C=O) groups excluding carboxylic acids is 1. The second kappa shape index (κ2) is 9.85. The molecule has 3 aliphatic rings. The summed E-state index contributed by atoms with van der Waals surface area (Å²) in [4.78, 5) is 13.2. The Morgan fingerprint density at radius 1 is 1.15 bits per heavy atom. The number of hydrogen-bond acceptors (Lipinski definition) is 3. The summed E-state index contributed by atoms with van der Waals surface area (Å²) in [7, 11) is 0. The molecule has 0 radical (unpaired) electrons. The number of aliphatic hydroxyl groups excluding tert-OH is 1. The summed E-state index contributed by atoms with van der Waals surface area (Å²) in [5, 5.41) is 10.0. The van der Waals surface area contributed by atoms with Crippen molar-refractivity contribution in [1.82, 2.24) is 0 Å². The third-order valence-corrected chi connectivity index (χ3v) is 9.37. The van der Waals surface area contributed by atoms with E-state index >= 15 is 0 Å². The highest BCUT2D eigenvalue weighted by Crippen LogP contribution is 2.62. The molecule has 1 N–H and O–H groups in total. The molecular weight excluding hydrogens is 420 g/mol. The van der Waals surface area contributed by atoms with Crippen LogP contribution in [0.1, 0.15) is 87.8 Å². The zero-order chi connectivity index (χ0) is 23.7. The number of aliphatic hydroxyl groups is 1. The van der Waals surface area contributed by atoms with Gasteiger partial charge in [0.1, 0.15) is 18.1 Å². The summed E-state index contributed by atoms with van der Waals surface area (Å²) in [6.07, 6.45) is 8.80. The van der Waals surface area contributed by atoms with E-state index in [0.29, 0.717) is 36.1 Å². The van der Waals surface area contributed by atoms with Crippen LogP contribution in [-0.2, 0) is 17.8 Å². The van der Waals surface area contributed by atoms with Gasteiger partial charge in [-0.05, 0) is 97.4 Å². The molecule has 3 heteroatoms. The Bertz CT molecular complexity index is 999. The van der Waals surface area contributed by atoms with Crippen LogP contribution in [-0.4, -0.2) is 17.0 Å². The van der Waals surface area contributed by atoms with Gasteiger partial charge in [0.2, 0.25) is 0 Å².